The van der Waals surface area contributed by atoms with Gasteiger partial charge in [0.15, 0.2) is 0 Å². The number of aryl methyl sites for hydroxylation is 1. The fourth-order valence-electron chi connectivity index (χ4n) is 4.60. The van der Waals surface area contributed by atoms with E-state index in [1.54, 1.807) is 18.2 Å². The van der Waals surface area contributed by atoms with E-state index in [1.165, 1.54) is 36.8 Å². The van der Waals surface area contributed by atoms with Crippen LogP contribution in [-0.2, 0) is 14.8 Å². The quantitative estimate of drug-likeness (QED) is 0.782. The number of benzene rings is 2. The Bertz CT molecular complexity index is 1010. The van der Waals surface area contributed by atoms with Crippen LogP contribution >= 0.6 is 0 Å². The van der Waals surface area contributed by atoms with Gasteiger partial charge in [-0.05, 0) is 62.3 Å². The summed E-state index contributed by atoms with van der Waals surface area (Å²) in [7, 11) is -4.10. The van der Waals surface area contributed by atoms with E-state index in [-0.39, 0.29) is 16.6 Å². The summed E-state index contributed by atoms with van der Waals surface area (Å²) < 4.78 is 41.9. The number of hydrogen-bond acceptors (Lipinski definition) is 3. The lowest BCUT2D eigenvalue weighted by Gasteiger charge is -2.27. The average molecular weight is 417 g/mol. The Morgan fingerprint density at radius 1 is 1.10 bits per heavy atom. The first kappa shape index (κ1) is 19.9. The summed E-state index contributed by atoms with van der Waals surface area (Å²) in [6, 6.07) is 12.0. The molecule has 2 aromatic rings. The summed E-state index contributed by atoms with van der Waals surface area (Å²) in [5, 5.41) is 3.00. The number of hydrogen-bond donors (Lipinski definition) is 1. The number of amides is 1. The number of halogens is 1. The van der Waals surface area contributed by atoms with Crippen LogP contribution in [0.25, 0.3) is 0 Å². The Hall–Kier alpha value is -2.41. The zero-order valence-electron chi connectivity index (χ0n) is 16.3. The third kappa shape index (κ3) is 4.01. The number of para-hydroxylation sites is 1. The zero-order chi connectivity index (χ0) is 20.6. The fraction of sp³-hybridized carbons (Fsp3) is 0.409. The van der Waals surface area contributed by atoms with E-state index in [1.807, 2.05) is 6.92 Å². The normalized spacial score (nSPS) is 23.2. The third-order valence-electron chi connectivity index (χ3n) is 6.10. The highest BCUT2D eigenvalue weighted by Crippen LogP contribution is 2.44. The van der Waals surface area contributed by atoms with Gasteiger partial charge in [-0.15, -0.1) is 0 Å². The predicted octanol–water partition coefficient (Wildman–Crippen LogP) is 3.63. The van der Waals surface area contributed by atoms with E-state index in [4.69, 9.17) is 0 Å². The lowest BCUT2D eigenvalue weighted by Crippen LogP contribution is -2.46. The number of nitrogens with one attached hydrogen (secondary N) is 1. The van der Waals surface area contributed by atoms with E-state index in [0.29, 0.717) is 11.8 Å². The molecule has 1 N–H and O–H groups in total. The summed E-state index contributed by atoms with van der Waals surface area (Å²) in [5.41, 5.74) is 0.784. The zero-order valence-corrected chi connectivity index (χ0v) is 17.2. The van der Waals surface area contributed by atoms with Crippen molar-refractivity contribution in [1.82, 2.24) is 5.32 Å². The number of sulfonamides is 1. The van der Waals surface area contributed by atoms with E-state index in [2.05, 4.69) is 5.32 Å². The molecule has 0 spiro atoms. The Kier molecular flexibility index (Phi) is 5.34. The molecule has 2 aliphatic rings. The molecule has 0 aliphatic heterocycles. The molecule has 2 bridgehead atoms. The second kappa shape index (κ2) is 7.78. The molecule has 0 aromatic heterocycles. The Balaban J connectivity index is 1.61. The van der Waals surface area contributed by atoms with Gasteiger partial charge in [-0.3, -0.25) is 9.10 Å². The van der Waals surface area contributed by atoms with Gasteiger partial charge >= 0.3 is 0 Å². The highest BCUT2D eigenvalue weighted by atomic mass is 32.2. The first-order chi connectivity index (χ1) is 13.8. The Morgan fingerprint density at radius 2 is 1.83 bits per heavy atom. The molecular formula is C22H25FN2O3S. The van der Waals surface area contributed by atoms with Gasteiger partial charge in [0.05, 0.1) is 10.6 Å². The van der Waals surface area contributed by atoms with E-state index in [9.17, 15) is 17.6 Å². The SMILES string of the molecule is Cc1ccc(S(=O)(=O)N(CC(=O)N[C@@H]2C[C@@H]3CC[C@@H]2C3)c2ccccc2F)cc1. The molecule has 0 unspecified atom stereocenters. The van der Waals surface area contributed by atoms with Crippen LogP contribution in [0.5, 0.6) is 0 Å². The molecule has 2 aliphatic carbocycles. The molecule has 1 amide bonds. The lowest BCUT2D eigenvalue weighted by atomic mass is 9.95. The van der Waals surface area contributed by atoms with Gasteiger partial charge in [-0.1, -0.05) is 36.2 Å². The average Bonchev–Trinajstić information content (AvgIpc) is 3.30. The van der Waals surface area contributed by atoms with Crippen molar-refractivity contribution in [3.8, 4) is 0 Å². The Morgan fingerprint density at radius 3 is 2.45 bits per heavy atom. The van der Waals surface area contributed by atoms with Crippen molar-refractivity contribution in [1.29, 1.82) is 0 Å². The number of carbonyl (C=O) groups is 1. The molecule has 2 saturated carbocycles. The summed E-state index contributed by atoms with van der Waals surface area (Å²) in [6.45, 7) is 1.40. The van der Waals surface area contributed by atoms with Crippen LogP contribution in [0.4, 0.5) is 10.1 Å². The van der Waals surface area contributed by atoms with Crippen molar-refractivity contribution in [3.05, 3.63) is 59.9 Å². The third-order valence-corrected chi connectivity index (χ3v) is 7.88. The monoisotopic (exact) mass is 416 g/mol. The first-order valence-electron chi connectivity index (χ1n) is 9.98. The molecule has 154 valence electrons. The molecular weight excluding hydrogens is 391 g/mol. The molecule has 0 heterocycles. The molecule has 29 heavy (non-hydrogen) atoms. The number of anilines is 1. The predicted molar refractivity (Wildman–Crippen MR) is 109 cm³/mol. The van der Waals surface area contributed by atoms with Crippen LogP contribution in [0.2, 0.25) is 0 Å². The smallest absolute Gasteiger partial charge is 0.264 e. The highest BCUT2D eigenvalue weighted by molar-refractivity contribution is 7.92. The van der Waals surface area contributed by atoms with Gasteiger partial charge in [-0.2, -0.15) is 0 Å². The van der Waals surface area contributed by atoms with Crippen LogP contribution in [0.1, 0.15) is 31.2 Å². The van der Waals surface area contributed by atoms with E-state index < -0.39 is 28.3 Å². The maximum absolute atomic E-state index is 14.5. The maximum Gasteiger partial charge on any atom is 0.264 e. The standard InChI is InChI=1S/C22H25FN2O3S/c1-15-6-10-18(11-7-15)29(27,28)25(21-5-3-2-4-19(21)23)14-22(26)24-20-13-16-8-9-17(20)12-16/h2-7,10-11,16-17,20H,8-9,12-14H2,1H3,(H,24,26)/t16-,17-,20-/m1/s1. The summed E-state index contributed by atoms with van der Waals surface area (Å²) >= 11 is 0. The van der Waals surface area contributed by atoms with Gasteiger partial charge < -0.3 is 5.32 Å². The number of fused-ring (bicyclic) bond motifs is 2. The number of rotatable bonds is 6. The van der Waals surface area contributed by atoms with Gasteiger partial charge in [0, 0.05) is 6.04 Å². The second-order valence-corrected chi connectivity index (χ2v) is 9.99. The molecule has 0 radical (unpaired) electrons. The van der Waals surface area contributed by atoms with Crippen molar-refractivity contribution in [2.45, 2.75) is 43.5 Å². The van der Waals surface area contributed by atoms with Crippen LogP contribution in [0, 0.1) is 24.6 Å². The van der Waals surface area contributed by atoms with E-state index in [0.717, 1.165) is 29.1 Å². The molecule has 5 nitrogen and oxygen atoms in total. The van der Waals surface area contributed by atoms with Crippen molar-refractivity contribution < 1.29 is 17.6 Å². The Labute approximate surface area is 171 Å². The molecule has 0 saturated heterocycles. The largest absolute Gasteiger partial charge is 0.352 e. The molecule has 2 aromatic carbocycles. The fourth-order valence-corrected chi connectivity index (χ4v) is 6.02. The van der Waals surface area contributed by atoms with E-state index >= 15 is 0 Å². The van der Waals surface area contributed by atoms with Crippen LogP contribution < -0.4 is 9.62 Å². The molecule has 3 atom stereocenters. The van der Waals surface area contributed by atoms with Crippen LogP contribution in [-0.4, -0.2) is 26.9 Å². The van der Waals surface area contributed by atoms with Gasteiger partial charge in [-0.25, -0.2) is 12.8 Å². The minimum absolute atomic E-state index is 0.0269. The molecule has 2 fully saturated rings. The number of carbonyl (C=O) groups excluding carboxylic acids is 1. The summed E-state index contributed by atoms with van der Waals surface area (Å²) in [4.78, 5) is 12.8. The van der Waals surface area contributed by atoms with Crippen LogP contribution in [0.15, 0.2) is 53.4 Å². The van der Waals surface area contributed by atoms with Crippen LogP contribution in [0.3, 0.4) is 0 Å². The van der Waals surface area contributed by atoms with Crippen molar-refractivity contribution >= 4 is 21.6 Å². The van der Waals surface area contributed by atoms with Gasteiger partial charge in [0.1, 0.15) is 12.4 Å². The van der Waals surface area contributed by atoms with Gasteiger partial charge in [0.25, 0.3) is 10.0 Å². The molecule has 4 rings (SSSR count). The van der Waals surface area contributed by atoms with Gasteiger partial charge in [0.2, 0.25) is 5.91 Å². The van der Waals surface area contributed by atoms with Crippen molar-refractivity contribution in [2.75, 3.05) is 10.8 Å². The molecule has 7 heteroatoms. The van der Waals surface area contributed by atoms with Crippen molar-refractivity contribution in [2.24, 2.45) is 11.8 Å². The first-order valence-corrected chi connectivity index (χ1v) is 11.4. The summed E-state index contributed by atoms with van der Waals surface area (Å²) in [5.74, 6) is 0.0428. The van der Waals surface area contributed by atoms with Crippen molar-refractivity contribution in [3.63, 3.8) is 0 Å². The minimum Gasteiger partial charge on any atom is -0.352 e. The highest BCUT2D eigenvalue weighted by Gasteiger charge is 2.40. The lowest BCUT2D eigenvalue weighted by molar-refractivity contribution is -0.120. The minimum atomic E-state index is -4.10. The topological polar surface area (TPSA) is 66.5 Å². The summed E-state index contributed by atoms with van der Waals surface area (Å²) in [6.07, 6.45) is 4.39. The second-order valence-electron chi connectivity index (χ2n) is 8.13. The number of nitrogens with zero attached hydrogens (tertiary/aromatic N) is 1. The maximum atomic E-state index is 14.5.